The third kappa shape index (κ3) is 3.54. The summed E-state index contributed by atoms with van der Waals surface area (Å²) >= 11 is 0. The number of ether oxygens (including phenoxy) is 1. The Bertz CT molecular complexity index is 291. The van der Waals surface area contributed by atoms with E-state index in [1.54, 1.807) is 6.08 Å². The fourth-order valence-corrected chi connectivity index (χ4v) is 2.64. The first-order valence-electron chi connectivity index (χ1n) is 6.60. The first kappa shape index (κ1) is 12.6. The molecule has 0 saturated heterocycles. The number of nitrogens with one attached hydrogen (secondary N) is 1. The molecule has 0 aromatic heterocycles. The molecule has 0 radical (unpaired) electrons. The number of fused-ring (bicyclic) bond motifs is 1. The lowest BCUT2D eigenvalue weighted by Gasteiger charge is -2.36. The molecule has 96 valence electrons. The largest absolute Gasteiger partial charge is 0.378 e. The van der Waals surface area contributed by atoms with Crippen molar-refractivity contribution in [2.75, 3.05) is 13.2 Å². The first-order valence-corrected chi connectivity index (χ1v) is 6.60. The topological polar surface area (TPSA) is 64.3 Å². The average molecular weight is 238 g/mol. The molecule has 1 amide bonds. The maximum atomic E-state index is 11.3. The van der Waals surface area contributed by atoms with Gasteiger partial charge in [0.2, 0.25) is 5.91 Å². The van der Waals surface area contributed by atoms with E-state index in [4.69, 9.17) is 10.5 Å². The zero-order valence-corrected chi connectivity index (χ0v) is 10.2. The smallest absolute Gasteiger partial charge is 0.243 e. The Kier molecular flexibility index (Phi) is 4.57. The second-order valence-corrected chi connectivity index (χ2v) is 4.94. The molecule has 0 aromatic rings. The third-order valence-corrected chi connectivity index (χ3v) is 3.63. The monoisotopic (exact) mass is 238 g/mol. The van der Waals surface area contributed by atoms with Crippen LogP contribution >= 0.6 is 0 Å². The molecule has 1 saturated carbocycles. The van der Waals surface area contributed by atoms with Gasteiger partial charge in [-0.15, -0.1) is 0 Å². The number of rotatable bonds is 5. The van der Waals surface area contributed by atoms with Gasteiger partial charge >= 0.3 is 0 Å². The predicted molar refractivity (Wildman–Crippen MR) is 66.4 cm³/mol. The quantitative estimate of drug-likeness (QED) is 0.701. The van der Waals surface area contributed by atoms with Crippen molar-refractivity contribution in [1.82, 2.24) is 5.32 Å². The van der Waals surface area contributed by atoms with E-state index < -0.39 is 0 Å². The van der Waals surface area contributed by atoms with Crippen LogP contribution in [0.2, 0.25) is 0 Å². The predicted octanol–water partition coefficient (Wildman–Crippen LogP) is 0.965. The van der Waals surface area contributed by atoms with Crippen LogP contribution in [0, 0.1) is 5.92 Å². The van der Waals surface area contributed by atoms with Gasteiger partial charge < -0.3 is 15.8 Å². The Labute approximate surface area is 103 Å². The molecule has 3 unspecified atom stereocenters. The number of carbonyl (C=O) groups is 1. The summed E-state index contributed by atoms with van der Waals surface area (Å²) in [5.41, 5.74) is 5.44. The van der Waals surface area contributed by atoms with E-state index in [-0.39, 0.29) is 11.9 Å². The maximum absolute atomic E-state index is 11.3. The molecule has 1 fully saturated rings. The van der Waals surface area contributed by atoms with Gasteiger partial charge in [-0.25, -0.2) is 0 Å². The van der Waals surface area contributed by atoms with E-state index in [9.17, 15) is 4.79 Å². The fourth-order valence-electron chi connectivity index (χ4n) is 2.64. The standard InChI is InChI=1S/C13H22N2O2/c14-7-1-2-8-17-11-5-3-10-4-6-13(16)15-12(10)9-11/h4,6,10-12H,1-3,5,7-9,14H2,(H,15,16). The van der Waals surface area contributed by atoms with Crippen molar-refractivity contribution in [2.45, 2.75) is 44.2 Å². The Morgan fingerprint density at radius 3 is 3.12 bits per heavy atom. The number of hydrogen-bond donors (Lipinski definition) is 2. The van der Waals surface area contributed by atoms with Crippen LogP contribution < -0.4 is 11.1 Å². The molecule has 0 bridgehead atoms. The van der Waals surface area contributed by atoms with Gasteiger partial charge in [0.15, 0.2) is 0 Å². The second kappa shape index (κ2) is 6.17. The van der Waals surface area contributed by atoms with Crippen molar-refractivity contribution in [2.24, 2.45) is 11.7 Å². The van der Waals surface area contributed by atoms with Crippen LogP contribution in [0.1, 0.15) is 32.1 Å². The summed E-state index contributed by atoms with van der Waals surface area (Å²) in [5.74, 6) is 0.548. The Balaban J connectivity index is 1.73. The third-order valence-electron chi connectivity index (χ3n) is 3.63. The van der Waals surface area contributed by atoms with Crippen LogP contribution in [-0.4, -0.2) is 31.2 Å². The Morgan fingerprint density at radius 2 is 2.29 bits per heavy atom. The zero-order valence-electron chi connectivity index (χ0n) is 10.2. The van der Waals surface area contributed by atoms with Crippen LogP contribution in [0.15, 0.2) is 12.2 Å². The van der Waals surface area contributed by atoms with E-state index >= 15 is 0 Å². The van der Waals surface area contributed by atoms with Gasteiger partial charge in [-0.1, -0.05) is 6.08 Å². The van der Waals surface area contributed by atoms with Gasteiger partial charge in [-0.05, 0) is 50.6 Å². The highest BCUT2D eigenvalue weighted by Gasteiger charge is 2.32. The molecule has 0 aromatic carbocycles. The number of hydrogen-bond acceptors (Lipinski definition) is 3. The minimum atomic E-state index is 0.0371. The van der Waals surface area contributed by atoms with Crippen LogP contribution in [0.5, 0.6) is 0 Å². The summed E-state index contributed by atoms with van der Waals surface area (Å²) < 4.78 is 5.84. The van der Waals surface area contributed by atoms with Crippen LogP contribution in [0.3, 0.4) is 0 Å². The van der Waals surface area contributed by atoms with Crippen LogP contribution in [0.4, 0.5) is 0 Å². The maximum Gasteiger partial charge on any atom is 0.243 e. The summed E-state index contributed by atoms with van der Waals surface area (Å²) in [6, 6.07) is 0.278. The summed E-state index contributed by atoms with van der Waals surface area (Å²) in [7, 11) is 0. The lowest BCUT2D eigenvalue weighted by atomic mass is 9.81. The average Bonchev–Trinajstić information content (AvgIpc) is 2.34. The first-order chi connectivity index (χ1) is 8.29. The highest BCUT2D eigenvalue weighted by Crippen LogP contribution is 2.29. The molecular formula is C13H22N2O2. The van der Waals surface area contributed by atoms with Crippen LogP contribution in [0.25, 0.3) is 0 Å². The molecule has 2 rings (SSSR count). The second-order valence-electron chi connectivity index (χ2n) is 4.94. The molecule has 3 N–H and O–H groups in total. The van der Waals surface area contributed by atoms with E-state index in [0.29, 0.717) is 12.0 Å². The zero-order chi connectivity index (χ0) is 12.1. The highest BCUT2D eigenvalue weighted by atomic mass is 16.5. The molecule has 1 aliphatic carbocycles. The number of nitrogens with two attached hydrogens (primary N) is 1. The van der Waals surface area contributed by atoms with E-state index in [1.165, 1.54) is 0 Å². The van der Waals surface area contributed by atoms with Gasteiger partial charge in [-0.2, -0.15) is 0 Å². The Morgan fingerprint density at radius 1 is 1.41 bits per heavy atom. The van der Waals surface area contributed by atoms with Gasteiger partial charge in [0.1, 0.15) is 0 Å². The molecule has 17 heavy (non-hydrogen) atoms. The molecule has 3 atom stereocenters. The van der Waals surface area contributed by atoms with Crippen LogP contribution in [-0.2, 0) is 9.53 Å². The van der Waals surface area contributed by atoms with E-state index in [1.807, 2.05) is 6.08 Å². The van der Waals surface area contributed by atoms with Gasteiger partial charge in [0.05, 0.1) is 6.10 Å². The highest BCUT2D eigenvalue weighted by molar-refractivity contribution is 5.88. The van der Waals surface area contributed by atoms with Crippen molar-refractivity contribution in [3.8, 4) is 0 Å². The molecule has 0 spiro atoms. The van der Waals surface area contributed by atoms with Crippen molar-refractivity contribution in [1.29, 1.82) is 0 Å². The lowest BCUT2D eigenvalue weighted by molar-refractivity contribution is -0.118. The summed E-state index contributed by atoms with van der Waals surface area (Å²) in [6.45, 7) is 1.53. The molecule has 4 heteroatoms. The summed E-state index contributed by atoms with van der Waals surface area (Å²) in [4.78, 5) is 11.3. The normalized spacial score (nSPS) is 32.1. The van der Waals surface area contributed by atoms with E-state index in [2.05, 4.69) is 5.32 Å². The SMILES string of the molecule is NCCCCOC1CCC2C=CC(=O)NC2C1. The Hall–Kier alpha value is -0.870. The number of carbonyl (C=O) groups excluding carboxylic acids is 1. The van der Waals surface area contributed by atoms with E-state index in [0.717, 1.165) is 45.3 Å². The van der Waals surface area contributed by atoms with Gasteiger partial charge in [0, 0.05) is 12.6 Å². The minimum Gasteiger partial charge on any atom is -0.378 e. The van der Waals surface area contributed by atoms with Crippen molar-refractivity contribution >= 4 is 5.91 Å². The minimum absolute atomic E-state index is 0.0371. The summed E-state index contributed by atoms with van der Waals surface area (Å²) in [6.07, 6.45) is 9.24. The van der Waals surface area contributed by atoms with Crippen molar-refractivity contribution in [3.05, 3.63) is 12.2 Å². The summed E-state index contributed by atoms with van der Waals surface area (Å²) in [5, 5.41) is 3.02. The molecule has 4 nitrogen and oxygen atoms in total. The van der Waals surface area contributed by atoms with Crippen molar-refractivity contribution < 1.29 is 9.53 Å². The fraction of sp³-hybridized carbons (Fsp3) is 0.769. The van der Waals surface area contributed by atoms with Gasteiger partial charge in [0.25, 0.3) is 0 Å². The molecular weight excluding hydrogens is 216 g/mol. The number of amides is 1. The number of unbranched alkanes of at least 4 members (excludes halogenated alkanes) is 1. The molecule has 1 aliphatic heterocycles. The lowest BCUT2D eigenvalue weighted by Crippen LogP contribution is -2.47. The molecule has 2 aliphatic rings. The van der Waals surface area contributed by atoms with Crippen molar-refractivity contribution in [3.63, 3.8) is 0 Å². The van der Waals surface area contributed by atoms with Gasteiger partial charge in [-0.3, -0.25) is 4.79 Å². The molecule has 1 heterocycles.